The molecule has 0 bridgehead atoms. The number of furan rings is 1. The molecule has 5 nitrogen and oxygen atoms in total. The highest BCUT2D eigenvalue weighted by Crippen LogP contribution is 2.35. The van der Waals surface area contributed by atoms with Gasteiger partial charge in [-0.05, 0) is 55.0 Å². The van der Waals surface area contributed by atoms with Crippen molar-refractivity contribution < 1.29 is 23.5 Å². The Balaban J connectivity index is 1.37. The van der Waals surface area contributed by atoms with Gasteiger partial charge in [-0.25, -0.2) is 4.79 Å². The molecule has 1 aromatic heterocycles. The van der Waals surface area contributed by atoms with E-state index >= 15 is 0 Å². The molecule has 0 unspecified atom stereocenters. The summed E-state index contributed by atoms with van der Waals surface area (Å²) in [4.78, 5) is 25.1. The average molecular weight is 431 g/mol. The highest BCUT2D eigenvalue weighted by Gasteiger charge is 2.28. The molecule has 4 aromatic rings. The van der Waals surface area contributed by atoms with E-state index in [2.05, 4.69) is 0 Å². The summed E-state index contributed by atoms with van der Waals surface area (Å²) in [6.45, 7) is 1.99. The Morgan fingerprint density at radius 2 is 1.81 bits per heavy atom. The second kappa shape index (κ2) is 7.45. The minimum absolute atomic E-state index is 0.0507. The van der Waals surface area contributed by atoms with Gasteiger partial charge in [-0.2, -0.15) is 0 Å². The molecule has 0 saturated heterocycles. The summed E-state index contributed by atoms with van der Waals surface area (Å²) in [5.74, 6) is -0.0301. The van der Waals surface area contributed by atoms with E-state index in [1.807, 2.05) is 31.2 Å². The third-order valence-electron chi connectivity index (χ3n) is 4.91. The van der Waals surface area contributed by atoms with Crippen molar-refractivity contribution in [2.75, 3.05) is 0 Å². The summed E-state index contributed by atoms with van der Waals surface area (Å²) in [5.41, 5.74) is 2.93. The van der Waals surface area contributed by atoms with Crippen LogP contribution < -0.4 is 9.47 Å². The van der Waals surface area contributed by atoms with Crippen LogP contribution >= 0.6 is 11.6 Å². The van der Waals surface area contributed by atoms with Crippen molar-refractivity contribution in [1.29, 1.82) is 0 Å². The standard InChI is InChI=1S/C25H15ClO5/c1-14-2-4-15(5-3-14)10-22-24(27)19-8-7-18(13-21(19)31-22)29-25(28)23-12-16-11-17(26)6-9-20(16)30-23/h2-13H,1H3/b22-10-. The Kier molecular flexibility index (Phi) is 4.60. The summed E-state index contributed by atoms with van der Waals surface area (Å²) in [5, 5.41) is 1.25. The number of hydrogen-bond acceptors (Lipinski definition) is 5. The highest BCUT2D eigenvalue weighted by atomic mass is 35.5. The lowest BCUT2D eigenvalue weighted by atomic mass is 10.1. The molecule has 3 aromatic carbocycles. The first-order chi connectivity index (χ1) is 15.0. The zero-order valence-electron chi connectivity index (χ0n) is 16.3. The number of Topliss-reactive ketones (excluding diaryl/α,β-unsaturated/α-hetero) is 1. The Morgan fingerprint density at radius 1 is 1.00 bits per heavy atom. The number of ether oxygens (including phenoxy) is 2. The fourth-order valence-corrected chi connectivity index (χ4v) is 3.50. The van der Waals surface area contributed by atoms with Gasteiger partial charge in [-0.15, -0.1) is 0 Å². The van der Waals surface area contributed by atoms with E-state index in [0.29, 0.717) is 27.3 Å². The van der Waals surface area contributed by atoms with E-state index in [9.17, 15) is 9.59 Å². The van der Waals surface area contributed by atoms with Crippen LogP contribution in [0.25, 0.3) is 17.0 Å². The number of allylic oxidation sites excluding steroid dienone is 1. The fourth-order valence-electron chi connectivity index (χ4n) is 3.32. The van der Waals surface area contributed by atoms with E-state index in [0.717, 1.165) is 11.1 Å². The smallest absolute Gasteiger partial charge is 0.379 e. The lowest BCUT2D eigenvalue weighted by Gasteiger charge is -2.04. The minimum Gasteiger partial charge on any atom is -0.452 e. The van der Waals surface area contributed by atoms with Crippen LogP contribution in [0.5, 0.6) is 11.5 Å². The molecule has 0 radical (unpaired) electrons. The zero-order valence-corrected chi connectivity index (χ0v) is 17.1. The summed E-state index contributed by atoms with van der Waals surface area (Å²) < 4.78 is 16.7. The van der Waals surface area contributed by atoms with Gasteiger partial charge in [0.15, 0.2) is 5.76 Å². The van der Waals surface area contributed by atoms with Crippen LogP contribution in [0.1, 0.15) is 32.0 Å². The molecule has 31 heavy (non-hydrogen) atoms. The molecule has 1 aliphatic heterocycles. The first kappa shape index (κ1) is 19.2. The van der Waals surface area contributed by atoms with Crippen molar-refractivity contribution in [2.45, 2.75) is 6.92 Å². The van der Waals surface area contributed by atoms with Crippen LogP contribution in [-0.2, 0) is 0 Å². The topological polar surface area (TPSA) is 65.7 Å². The first-order valence-corrected chi connectivity index (χ1v) is 9.90. The number of fused-ring (bicyclic) bond motifs is 2. The van der Waals surface area contributed by atoms with Crippen LogP contribution in [0.4, 0.5) is 0 Å². The number of ketones is 1. The first-order valence-electron chi connectivity index (χ1n) is 9.52. The lowest BCUT2D eigenvalue weighted by molar-refractivity contribution is 0.0703. The highest BCUT2D eigenvalue weighted by molar-refractivity contribution is 6.31. The maximum absolute atomic E-state index is 12.6. The predicted octanol–water partition coefficient (Wildman–Crippen LogP) is 6.23. The number of rotatable bonds is 3. The molecule has 0 aliphatic carbocycles. The van der Waals surface area contributed by atoms with Crippen LogP contribution in [-0.4, -0.2) is 11.8 Å². The average Bonchev–Trinajstić information content (AvgIpc) is 3.30. The van der Waals surface area contributed by atoms with Gasteiger partial charge in [0.1, 0.15) is 17.1 Å². The molecule has 2 heterocycles. The molecule has 0 spiro atoms. The Morgan fingerprint density at radius 3 is 2.61 bits per heavy atom. The van der Waals surface area contributed by atoms with Crippen LogP contribution in [0.15, 0.2) is 76.9 Å². The van der Waals surface area contributed by atoms with Crippen molar-refractivity contribution in [3.05, 3.63) is 100.0 Å². The van der Waals surface area contributed by atoms with Crippen molar-refractivity contribution in [2.24, 2.45) is 0 Å². The van der Waals surface area contributed by atoms with Gasteiger partial charge >= 0.3 is 5.97 Å². The van der Waals surface area contributed by atoms with Crippen molar-refractivity contribution in [3.8, 4) is 11.5 Å². The van der Waals surface area contributed by atoms with E-state index in [4.69, 9.17) is 25.5 Å². The second-order valence-corrected chi connectivity index (χ2v) is 7.63. The molecular weight excluding hydrogens is 416 g/mol. The van der Waals surface area contributed by atoms with Gasteiger partial charge < -0.3 is 13.9 Å². The van der Waals surface area contributed by atoms with Gasteiger partial charge in [-0.1, -0.05) is 41.4 Å². The predicted molar refractivity (Wildman–Crippen MR) is 117 cm³/mol. The minimum atomic E-state index is -0.660. The normalized spacial score (nSPS) is 14.0. The molecule has 5 rings (SSSR count). The Bertz CT molecular complexity index is 1380. The van der Waals surface area contributed by atoms with E-state index in [1.165, 1.54) is 6.07 Å². The largest absolute Gasteiger partial charge is 0.452 e. The van der Waals surface area contributed by atoms with Crippen LogP contribution in [0.2, 0.25) is 5.02 Å². The number of carbonyl (C=O) groups excluding carboxylic acids is 2. The second-order valence-electron chi connectivity index (χ2n) is 7.19. The Labute approximate surface area is 182 Å². The van der Waals surface area contributed by atoms with Crippen LogP contribution in [0.3, 0.4) is 0 Å². The number of carbonyl (C=O) groups is 2. The molecule has 152 valence electrons. The van der Waals surface area contributed by atoms with Gasteiger partial charge in [-0.3, -0.25) is 4.79 Å². The quantitative estimate of drug-likeness (QED) is 0.219. The number of aryl methyl sites for hydroxylation is 1. The third-order valence-corrected chi connectivity index (χ3v) is 5.14. The molecule has 6 heteroatoms. The molecule has 0 fully saturated rings. The Hall–Kier alpha value is -3.83. The number of esters is 1. The monoisotopic (exact) mass is 430 g/mol. The fraction of sp³-hybridized carbons (Fsp3) is 0.0400. The molecule has 0 amide bonds. The molecular formula is C25H15ClO5. The van der Waals surface area contributed by atoms with Gasteiger partial charge in [0, 0.05) is 16.5 Å². The van der Waals surface area contributed by atoms with Gasteiger partial charge in [0.25, 0.3) is 0 Å². The number of hydrogen-bond donors (Lipinski definition) is 0. The molecule has 0 saturated carbocycles. The van der Waals surface area contributed by atoms with Crippen molar-refractivity contribution >= 4 is 40.4 Å². The maximum Gasteiger partial charge on any atom is 0.379 e. The van der Waals surface area contributed by atoms with Gasteiger partial charge in [0.05, 0.1) is 5.56 Å². The van der Waals surface area contributed by atoms with E-state index in [1.54, 1.807) is 42.5 Å². The van der Waals surface area contributed by atoms with E-state index in [-0.39, 0.29) is 23.1 Å². The summed E-state index contributed by atoms with van der Waals surface area (Å²) in [6.07, 6.45) is 1.69. The van der Waals surface area contributed by atoms with Crippen LogP contribution in [0, 0.1) is 6.92 Å². The van der Waals surface area contributed by atoms with Crippen molar-refractivity contribution in [1.82, 2.24) is 0 Å². The zero-order chi connectivity index (χ0) is 21.5. The number of halogens is 1. The van der Waals surface area contributed by atoms with Crippen molar-refractivity contribution in [3.63, 3.8) is 0 Å². The summed E-state index contributed by atoms with van der Waals surface area (Å²) in [7, 11) is 0. The summed E-state index contributed by atoms with van der Waals surface area (Å²) in [6, 6.07) is 19.0. The molecule has 0 atom stereocenters. The maximum atomic E-state index is 12.6. The van der Waals surface area contributed by atoms with E-state index < -0.39 is 5.97 Å². The molecule has 1 aliphatic rings. The third kappa shape index (κ3) is 3.71. The lowest BCUT2D eigenvalue weighted by Crippen LogP contribution is -2.07. The SMILES string of the molecule is Cc1ccc(/C=C2\Oc3cc(OC(=O)c4cc5cc(Cl)ccc5o4)ccc3C2=O)cc1. The molecule has 0 N–H and O–H groups in total. The summed E-state index contributed by atoms with van der Waals surface area (Å²) >= 11 is 5.97. The number of benzene rings is 3. The van der Waals surface area contributed by atoms with Gasteiger partial charge in [0.2, 0.25) is 11.5 Å².